The fourth-order valence-electron chi connectivity index (χ4n) is 2.93. The molecule has 3 heterocycles. The van der Waals surface area contributed by atoms with Crippen LogP contribution in [0.2, 0.25) is 0 Å². The summed E-state index contributed by atoms with van der Waals surface area (Å²) in [6, 6.07) is 18.2. The molecule has 0 amide bonds. The predicted molar refractivity (Wildman–Crippen MR) is 83.3 cm³/mol. The standard InChI is InChI=1S/C18H11NO2/c1-2-5-16-12(4-1)17-18(21-16)13-10-11(7-8-14(13)19-17)15-6-3-9-20-15/h1-10,19H. The van der Waals surface area contributed by atoms with E-state index in [0.717, 1.165) is 44.3 Å². The minimum Gasteiger partial charge on any atom is -0.464 e. The average molecular weight is 273 g/mol. The molecule has 1 N–H and O–H groups in total. The van der Waals surface area contributed by atoms with Gasteiger partial charge in [0, 0.05) is 21.9 Å². The van der Waals surface area contributed by atoms with Crippen molar-refractivity contribution >= 4 is 33.0 Å². The average Bonchev–Trinajstić information content (AvgIpc) is 3.22. The van der Waals surface area contributed by atoms with E-state index in [1.165, 1.54) is 0 Å². The third-order valence-corrected chi connectivity index (χ3v) is 3.93. The van der Waals surface area contributed by atoms with Crippen molar-refractivity contribution in [2.45, 2.75) is 0 Å². The van der Waals surface area contributed by atoms with E-state index in [1.54, 1.807) is 6.26 Å². The molecule has 5 aromatic rings. The minimum atomic E-state index is 0.863. The normalized spacial score (nSPS) is 11.8. The molecule has 0 bridgehead atoms. The van der Waals surface area contributed by atoms with Crippen molar-refractivity contribution in [3.05, 3.63) is 60.9 Å². The second-order valence-electron chi connectivity index (χ2n) is 5.17. The maximum atomic E-state index is 6.02. The molecule has 5 rings (SSSR count). The molecule has 3 aromatic heterocycles. The van der Waals surface area contributed by atoms with Gasteiger partial charge in [0.25, 0.3) is 0 Å². The lowest BCUT2D eigenvalue weighted by molar-refractivity contribution is 0.582. The van der Waals surface area contributed by atoms with Crippen LogP contribution in [0.3, 0.4) is 0 Å². The maximum absolute atomic E-state index is 6.02. The van der Waals surface area contributed by atoms with Gasteiger partial charge in [0.15, 0.2) is 5.58 Å². The summed E-state index contributed by atoms with van der Waals surface area (Å²) in [4.78, 5) is 3.45. The van der Waals surface area contributed by atoms with Crippen molar-refractivity contribution in [3.8, 4) is 11.3 Å². The van der Waals surface area contributed by atoms with E-state index < -0.39 is 0 Å². The Kier molecular flexibility index (Phi) is 1.95. The molecule has 0 aliphatic rings. The van der Waals surface area contributed by atoms with Crippen LogP contribution in [0.4, 0.5) is 0 Å². The minimum absolute atomic E-state index is 0.863. The molecule has 0 aliphatic carbocycles. The third kappa shape index (κ3) is 1.43. The molecule has 0 atom stereocenters. The number of nitrogens with one attached hydrogen (secondary N) is 1. The van der Waals surface area contributed by atoms with Gasteiger partial charge in [-0.2, -0.15) is 0 Å². The lowest BCUT2D eigenvalue weighted by Gasteiger charge is -1.97. The Morgan fingerprint density at radius 1 is 0.857 bits per heavy atom. The van der Waals surface area contributed by atoms with Crippen molar-refractivity contribution < 1.29 is 8.83 Å². The molecule has 0 fully saturated rings. The van der Waals surface area contributed by atoms with Crippen molar-refractivity contribution in [1.82, 2.24) is 4.98 Å². The Morgan fingerprint density at radius 3 is 2.71 bits per heavy atom. The molecule has 0 spiro atoms. The largest absolute Gasteiger partial charge is 0.464 e. The van der Waals surface area contributed by atoms with Gasteiger partial charge in [-0.05, 0) is 42.5 Å². The van der Waals surface area contributed by atoms with Crippen LogP contribution in [0.1, 0.15) is 0 Å². The fraction of sp³-hybridized carbons (Fsp3) is 0. The van der Waals surface area contributed by atoms with Crippen LogP contribution in [0, 0.1) is 0 Å². The lowest BCUT2D eigenvalue weighted by Crippen LogP contribution is -1.74. The summed E-state index contributed by atoms with van der Waals surface area (Å²) in [7, 11) is 0. The number of para-hydroxylation sites is 1. The van der Waals surface area contributed by atoms with Crippen LogP contribution in [0.25, 0.3) is 44.3 Å². The van der Waals surface area contributed by atoms with Gasteiger partial charge < -0.3 is 13.8 Å². The van der Waals surface area contributed by atoms with Crippen LogP contribution >= 0.6 is 0 Å². The van der Waals surface area contributed by atoms with Crippen LogP contribution in [0.15, 0.2) is 69.7 Å². The number of benzene rings is 2. The van der Waals surface area contributed by atoms with Crippen LogP contribution in [-0.2, 0) is 0 Å². The van der Waals surface area contributed by atoms with Crippen molar-refractivity contribution in [3.63, 3.8) is 0 Å². The monoisotopic (exact) mass is 273 g/mol. The molecule has 21 heavy (non-hydrogen) atoms. The Labute approximate surface area is 119 Å². The molecular weight excluding hydrogens is 262 g/mol. The molecular formula is C18H11NO2. The van der Waals surface area contributed by atoms with Gasteiger partial charge in [0.05, 0.1) is 11.8 Å². The Balaban J connectivity index is 1.89. The number of aromatic amines is 1. The van der Waals surface area contributed by atoms with Crippen LogP contribution in [-0.4, -0.2) is 4.98 Å². The van der Waals surface area contributed by atoms with Gasteiger partial charge in [-0.1, -0.05) is 12.1 Å². The van der Waals surface area contributed by atoms with Gasteiger partial charge >= 0.3 is 0 Å². The Morgan fingerprint density at radius 2 is 1.81 bits per heavy atom. The number of furan rings is 2. The highest BCUT2D eigenvalue weighted by molar-refractivity contribution is 6.15. The Bertz CT molecular complexity index is 1080. The highest BCUT2D eigenvalue weighted by atomic mass is 16.3. The quantitative estimate of drug-likeness (QED) is 0.448. The van der Waals surface area contributed by atoms with Crippen molar-refractivity contribution in [1.29, 1.82) is 0 Å². The Hall–Kier alpha value is -2.94. The zero-order valence-electron chi connectivity index (χ0n) is 11.1. The maximum Gasteiger partial charge on any atom is 0.160 e. The van der Waals surface area contributed by atoms with Crippen LogP contribution in [0.5, 0.6) is 0 Å². The van der Waals surface area contributed by atoms with E-state index >= 15 is 0 Å². The molecule has 2 aromatic carbocycles. The zero-order valence-corrected chi connectivity index (χ0v) is 11.1. The van der Waals surface area contributed by atoms with E-state index in [4.69, 9.17) is 8.83 Å². The topological polar surface area (TPSA) is 42.1 Å². The molecule has 0 saturated heterocycles. The smallest absolute Gasteiger partial charge is 0.160 e. The van der Waals surface area contributed by atoms with Gasteiger partial charge in [-0.3, -0.25) is 0 Å². The number of fused-ring (bicyclic) bond motifs is 5. The number of hydrogen-bond donors (Lipinski definition) is 1. The summed E-state index contributed by atoms with van der Waals surface area (Å²) in [5.41, 5.74) is 4.99. The summed E-state index contributed by atoms with van der Waals surface area (Å²) in [5, 5.41) is 2.19. The molecule has 0 unspecified atom stereocenters. The number of rotatable bonds is 1. The van der Waals surface area contributed by atoms with E-state index in [-0.39, 0.29) is 0 Å². The van der Waals surface area contributed by atoms with Gasteiger partial charge in [0.1, 0.15) is 11.3 Å². The SMILES string of the molecule is c1coc(-c2ccc3[nH]c4c5ccccc5oc4c3c2)c1. The molecule has 0 saturated carbocycles. The van der Waals surface area contributed by atoms with Crippen molar-refractivity contribution in [2.24, 2.45) is 0 Å². The van der Waals surface area contributed by atoms with Crippen LogP contribution < -0.4 is 0 Å². The van der Waals surface area contributed by atoms with E-state index in [2.05, 4.69) is 29.2 Å². The number of aromatic nitrogens is 1. The molecule has 0 aliphatic heterocycles. The highest BCUT2D eigenvalue weighted by Crippen LogP contribution is 2.35. The second kappa shape index (κ2) is 3.79. The first-order valence-electron chi connectivity index (χ1n) is 6.87. The lowest BCUT2D eigenvalue weighted by atomic mass is 10.1. The fourth-order valence-corrected chi connectivity index (χ4v) is 2.93. The summed E-state index contributed by atoms with van der Waals surface area (Å²) >= 11 is 0. The first-order valence-corrected chi connectivity index (χ1v) is 6.87. The van der Waals surface area contributed by atoms with Gasteiger partial charge in [-0.25, -0.2) is 0 Å². The summed E-state index contributed by atoms with van der Waals surface area (Å²) < 4.78 is 11.5. The third-order valence-electron chi connectivity index (χ3n) is 3.93. The summed E-state index contributed by atoms with van der Waals surface area (Å²) in [6.45, 7) is 0. The van der Waals surface area contributed by atoms with Gasteiger partial charge in [0.2, 0.25) is 0 Å². The first kappa shape index (κ1) is 10.8. The highest BCUT2D eigenvalue weighted by Gasteiger charge is 2.13. The number of H-pyrrole nitrogens is 1. The summed E-state index contributed by atoms with van der Waals surface area (Å²) in [6.07, 6.45) is 1.69. The molecule has 3 nitrogen and oxygen atoms in total. The second-order valence-corrected chi connectivity index (χ2v) is 5.17. The zero-order chi connectivity index (χ0) is 13.8. The molecule has 3 heteroatoms. The van der Waals surface area contributed by atoms with E-state index in [1.807, 2.05) is 30.3 Å². The number of hydrogen-bond acceptors (Lipinski definition) is 2. The van der Waals surface area contributed by atoms with Gasteiger partial charge in [-0.15, -0.1) is 0 Å². The predicted octanol–water partition coefficient (Wildman–Crippen LogP) is 5.33. The van der Waals surface area contributed by atoms with E-state index in [9.17, 15) is 0 Å². The molecule has 0 radical (unpaired) electrons. The van der Waals surface area contributed by atoms with Crippen molar-refractivity contribution in [2.75, 3.05) is 0 Å². The summed E-state index contributed by atoms with van der Waals surface area (Å²) in [5.74, 6) is 0.863. The van der Waals surface area contributed by atoms with E-state index in [0.29, 0.717) is 0 Å². The first-order chi connectivity index (χ1) is 10.4. The molecule has 100 valence electrons.